The highest BCUT2D eigenvalue weighted by atomic mass is 14.9. The van der Waals surface area contributed by atoms with Gasteiger partial charge in [-0.1, -0.05) is 31.5 Å². The standard InChI is InChI=1S/C19H31N/c1-6-9-20-17-7-8-19(5,12-17)13-18-15(3)10-14(2)11-16(18)4/h10-11,17,20H,6-9,12-13H2,1-5H3. The largest absolute Gasteiger partial charge is 0.314 e. The van der Waals surface area contributed by atoms with Gasteiger partial charge in [-0.15, -0.1) is 0 Å². The number of hydrogen-bond acceptors (Lipinski definition) is 1. The van der Waals surface area contributed by atoms with Crippen LogP contribution >= 0.6 is 0 Å². The second-order valence-electron chi connectivity index (χ2n) is 7.26. The van der Waals surface area contributed by atoms with Gasteiger partial charge in [0.1, 0.15) is 0 Å². The summed E-state index contributed by atoms with van der Waals surface area (Å²) in [5, 5.41) is 3.71. The molecule has 0 heterocycles. The molecule has 0 aliphatic heterocycles. The molecule has 1 saturated carbocycles. The topological polar surface area (TPSA) is 12.0 Å². The van der Waals surface area contributed by atoms with E-state index in [1.165, 1.54) is 55.3 Å². The minimum absolute atomic E-state index is 0.482. The van der Waals surface area contributed by atoms with E-state index >= 15 is 0 Å². The monoisotopic (exact) mass is 273 g/mol. The van der Waals surface area contributed by atoms with Gasteiger partial charge in [-0.2, -0.15) is 0 Å². The third-order valence-corrected chi connectivity index (χ3v) is 4.96. The Bertz CT molecular complexity index is 440. The molecule has 1 aliphatic rings. The van der Waals surface area contributed by atoms with E-state index in [0.29, 0.717) is 5.41 Å². The molecular formula is C19H31N. The van der Waals surface area contributed by atoms with E-state index in [9.17, 15) is 0 Å². The SMILES string of the molecule is CCCNC1CCC(C)(Cc2c(C)cc(C)cc2C)C1. The molecule has 0 aromatic heterocycles. The maximum Gasteiger partial charge on any atom is 0.00725 e. The highest BCUT2D eigenvalue weighted by molar-refractivity contribution is 5.38. The van der Waals surface area contributed by atoms with Gasteiger partial charge >= 0.3 is 0 Å². The van der Waals surface area contributed by atoms with Crippen molar-refractivity contribution < 1.29 is 0 Å². The maximum atomic E-state index is 3.71. The lowest BCUT2D eigenvalue weighted by atomic mass is 9.79. The van der Waals surface area contributed by atoms with E-state index in [1.807, 2.05) is 0 Å². The molecule has 20 heavy (non-hydrogen) atoms. The van der Waals surface area contributed by atoms with Crippen LogP contribution < -0.4 is 5.32 Å². The predicted molar refractivity (Wildman–Crippen MR) is 88.4 cm³/mol. The molecule has 2 rings (SSSR count). The van der Waals surface area contributed by atoms with E-state index in [-0.39, 0.29) is 0 Å². The minimum atomic E-state index is 0.482. The summed E-state index contributed by atoms with van der Waals surface area (Å²) >= 11 is 0. The molecule has 1 aliphatic carbocycles. The Kier molecular flexibility index (Phi) is 4.90. The van der Waals surface area contributed by atoms with Crippen LogP contribution in [0.5, 0.6) is 0 Å². The van der Waals surface area contributed by atoms with Crippen LogP contribution in [0.3, 0.4) is 0 Å². The van der Waals surface area contributed by atoms with Crippen molar-refractivity contribution in [2.45, 2.75) is 72.8 Å². The Balaban J connectivity index is 2.07. The van der Waals surface area contributed by atoms with Gasteiger partial charge in [-0.25, -0.2) is 0 Å². The number of nitrogens with one attached hydrogen (secondary N) is 1. The molecule has 1 fully saturated rings. The maximum absolute atomic E-state index is 3.71. The smallest absolute Gasteiger partial charge is 0.00725 e. The van der Waals surface area contributed by atoms with Crippen molar-refractivity contribution in [2.75, 3.05) is 6.54 Å². The van der Waals surface area contributed by atoms with E-state index < -0.39 is 0 Å². The van der Waals surface area contributed by atoms with Crippen molar-refractivity contribution in [1.82, 2.24) is 5.32 Å². The van der Waals surface area contributed by atoms with Crippen LogP contribution in [-0.2, 0) is 6.42 Å². The molecule has 0 saturated heterocycles. The van der Waals surface area contributed by atoms with Crippen molar-refractivity contribution in [3.63, 3.8) is 0 Å². The number of rotatable bonds is 5. The molecular weight excluding hydrogens is 242 g/mol. The summed E-state index contributed by atoms with van der Waals surface area (Å²) in [4.78, 5) is 0. The Hall–Kier alpha value is -0.820. The molecule has 2 unspecified atom stereocenters. The molecule has 0 amide bonds. The molecule has 1 aromatic carbocycles. The summed E-state index contributed by atoms with van der Waals surface area (Å²) in [5.74, 6) is 0. The number of hydrogen-bond donors (Lipinski definition) is 1. The first-order valence-electron chi connectivity index (χ1n) is 8.23. The fourth-order valence-corrected chi connectivity index (χ4v) is 3.92. The van der Waals surface area contributed by atoms with Crippen LogP contribution in [0.1, 0.15) is 61.8 Å². The third-order valence-electron chi connectivity index (χ3n) is 4.96. The van der Waals surface area contributed by atoms with Crippen LogP contribution in [0.2, 0.25) is 0 Å². The van der Waals surface area contributed by atoms with Crippen molar-refractivity contribution in [2.24, 2.45) is 5.41 Å². The second kappa shape index (κ2) is 6.30. The summed E-state index contributed by atoms with van der Waals surface area (Å²) < 4.78 is 0. The highest BCUT2D eigenvalue weighted by Gasteiger charge is 2.35. The average Bonchev–Trinajstić information content (AvgIpc) is 2.74. The molecule has 0 spiro atoms. The summed E-state index contributed by atoms with van der Waals surface area (Å²) in [6.45, 7) is 12.7. The quantitative estimate of drug-likeness (QED) is 0.819. The van der Waals surface area contributed by atoms with Crippen molar-refractivity contribution in [3.8, 4) is 0 Å². The Morgan fingerprint density at radius 3 is 2.45 bits per heavy atom. The van der Waals surface area contributed by atoms with Crippen LogP contribution in [0.4, 0.5) is 0 Å². The van der Waals surface area contributed by atoms with Gasteiger partial charge in [-0.05, 0) is 81.5 Å². The fourth-order valence-electron chi connectivity index (χ4n) is 3.92. The zero-order chi connectivity index (χ0) is 14.8. The third kappa shape index (κ3) is 3.63. The molecule has 1 heteroatoms. The van der Waals surface area contributed by atoms with Crippen molar-refractivity contribution >= 4 is 0 Å². The molecule has 1 nitrogen and oxygen atoms in total. The van der Waals surface area contributed by atoms with Crippen molar-refractivity contribution in [3.05, 3.63) is 34.4 Å². The second-order valence-corrected chi connectivity index (χ2v) is 7.26. The van der Waals surface area contributed by atoms with E-state index in [4.69, 9.17) is 0 Å². The molecule has 0 bridgehead atoms. The van der Waals surface area contributed by atoms with E-state index in [1.54, 1.807) is 5.56 Å². The fraction of sp³-hybridized carbons (Fsp3) is 0.684. The lowest BCUT2D eigenvalue weighted by Crippen LogP contribution is -2.29. The molecule has 1 aromatic rings. The lowest BCUT2D eigenvalue weighted by molar-refractivity contribution is 0.321. The Labute approximate surface area is 125 Å². The van der Waals surface area contributed by atoms with Gasteiger partial charge in [0.25, 0.3) is 0 Å². The van der Waals surface area contributed by atoms with Gasteiger partial charge in [0.05, 0.1) is 0 Å². The first kappa shape index (κ1) is 15.6. The van der Waals surface area contributed by atoms with E-state index in [2.05, 4.69) is 52.1 Å². The summed E-state index contributed by atoms with van der Waals surface area (Å²) in [5.41, 5.74) is 6.43. The van der Waals surface area contributed by atoms with Crippen LogP contribution in [-0.4, -0.2) is 12.6 Å². The summed E-state index contributed by atoms with van der Waals surface area (Å²) in [6.07, 6.45) is 6.53. The number of aryl methyl sites for hydroxylation is 3. The predicted octanol–water partition coefficient (Wildman–Crippen LogP) is 4.71. The zero-order valence-electron chi connectivity index (χ0n) is 14.0. The van der Waals surface area contributed by atoms with Gasteiger partial charge in [0, 0.05) is 6.04 Å². The minimum Gasteiger partial charge on any atom is -0.314 e. The zero-order valence-corrected chi connectivity index (χ0v) is 14.0. The van der Waals surface area contributed by atoms with Gasteiger partial charge in [0.15, 0.2) is 0 Å². The first-order chi connectivity index (χ1) is 9.43. The van der Waals surface area contributed by atoms with Crippen molar-refractivity contribution in [1.29, 1.82) is 0 Å². The van der Waals surface area contributed by atoms with Gasteiger partial charge < -0.3 is 5.32 Å². The average molecular weight is 273 g/mol. The van der Waals surface area contributed by atoms with Crippen LogP contribution in [0.15, 0.2) is 12.1 Å². The Morgan fingerprint density at radius 2 is 1.85 bits per heavy atom. The summed E-state index contributed by atoms with van der Waals surface area (Å²) in [7, 11) is 0. The molecule has 0 radical (unpaired) electrons. The number of benzene rings is 1. The van der Waals surface area contributed by atoms with Gasteiger partial charge in [-0.3, -0.25) is 0 Å². The van der Waals surface area contributed by atoms with E-state index in [0.717, 1.165) is 6.04 Å². The summed E-state index contributed by atoms with van der Waals surface area (Å²) in [6, 6.07) is 5.42. The molecule has 2 atom stereocenters. The van der Waals surface area contributed by atoms with Crippen LogP contribution in [0, 0.1) is 26.2 Å². The normalized spacial score (nSPS) is 26.1. The first-order valence-corrected chi connectivity index (χ1v) is 8.23. The Morgan fingerprint density at radius 1 is 1.20 bits per heavy atom. The van der Waals surface area contributed by atoms with Gasteiger partial charge in [0.2, 0.25) is 0 Å². The molecule has 112 valence electrons. The highest BCUT2D eigenvalue weighted by Crippen LogP contribution is 2.41. The molecule has 1 N–H and O–H groups in total. The lowest BCUT2D eigenvalue weighted by Gasteiger charge is -2.27. The van der Waals surface area contributed by atoms with Crippen LogP contribution in [0.25, 0.3) is 0 Å².